The zero-order valence-electron chi connectivity index (χ0n) is 27.6. The second-order valence-corrected chi connectivity index (χ2v) is 13.4. The van der Waals surface area contributed by atoms with E-state index in [1.54, 1.807) is 42.1 Å². The SMILES string of the molecule is Cn1nc(N)c2cccc(-c3ccc(C#CC(C)(C)O)nc3C(Cc3cc(F)cc(F)c3)NC(=O)Cn3nc(C(F)(F)F)c4c3C3CC3CO4)c21. The molecule has 2 aromatic carbocycles. The Balaban J connectivity index is 1.35. The van der Waals surface area contributed by atoms with Crippen LogP contribution in [0.2, 0.25) is 0 Å². The Morgan fingerprint density at radius 2 is 1.86 bits per heavy atom. The van der Waals surface area contributed by atoms with Gasteiger partial charge in [0.2, 0.25) is 11.6 Å². The van der Waals surface area contributed by atoms with Crippen molar-refractivity contribution in [2.75, 3.05) is 12.3 Å². The quantitative estimate of drug-likeness (QED) is 0.152. The van der Waals surface area contributed by atoms with Gasteiger partial charge in [-0.3, -0.25) is 14.2 Å². The molecule has 5 aromatic rings. The fourth-order valence-corrected chi connectivity index (χ4v) is 6.62. The highest BCUT2D eigenvalue weighted by atomic mass is 19.4. The van der Waals surface area contributed by atoms with E-state index in [0.29, 0.717) is 34.5 Å². The average Bonchev–Trinajstić information content (AvgIpc) is 3.65. The molecule has 51 heavy (non-hydrogen) atoms. The first-order valence-corrected chi connectivity index (χ1v) is 16.1. The maximum absolute atomic E-state index is 14.5. The van der Waals surface area contributed by atoms with E-state index in [1.165, 1.54) is 13.8 Å². The predicted octanol–water partition coefficient (Wildman–Crippen LogP) is 5.43. The number of hydrogen-bond donors (Lipinski definition) is 3. The molecule has 0 radical (unpaired) electrons. The van der Waals surface area contributed by atoms with Crippen molar-refractivity contribution in [2.24, 2.45) is 13.0 Å². The van der Waals surface area contributed by atoms with Crippen LogP contribution in [0.5, 0.6) is 5.75 Å². The molecule has 1 aliphatic carbocycles. The van der Waals surface area contributed by atoms with Crippen LogP contribution in [0.1, 0.15) is 60.6 Å². The van der Waals surface area contributed by atoms with Crippen LogP contribution in [0, 0.1) is 29.4 Å². The zero-order chi connectivity index (χ0) is 36.4. The largest absolute Gasteiger partial charge is 0.489 e. The minimum atomic E-state index is -4.81. The Hall–Kier alpha value is -5.49. The molecule has 15 heteroatoms. The van der Waals surface area contributed by atoms with Crippen molar-refractivity contribution in [3.8, 4) is 28.7 Å². The second kappa shape index (κ2) is 12.4. The number of anilines is 1. The molecule has 0 bridgehead atoms. The summed E-state index contributed by atoms with van der Waals surface area (Å²) in [6, 6.07) is 10.5. The van der Waals surface area contributed by atoms with Crippen molar-refractivity contribution < 1.29 is 36.6 Å². The van der Waals surface area contributed by atoms with Crippen molar-refractivity contribution >= 4 is 22.6 Å². The van der Waals surface area contributed by atoms with Crippen LogP contribution in [-0.2, 0) is 31.0 Å². The van der Waals surface area contributed by atoms with Crippen LogP contribution in [0.15, 0.2) is 48.5 Å². The number of nitrogens with two attached hydrogens (primary N) is 1. The van der Waals surface area contributed by atoms with Gasteiger partial charge in [0.1, 0.15) is 29.5 Å². The predicted molar refractivity (Wildman–Crippen MR) is 176 cm³/mol. The highest BCUT2D eigenvalue weighted by molar-refractivity contribution is 6.00. The molecule has 264 valence electrons. The summed E-state index contributed by atoms with van der Waals surface area (Å²) in [6.45, 7) is 2.54. The molecule has 0 saturated heterocycles. The van der Waals surface area contributed by atoms with Crippen LogP contribution < -0.4 is 15.8 Å². The number of aliphatic hydroxyl groups is 1. The molecule has 4 N–H and O–H groups in total. The molecule has 10 nitrogen and oxygen atoms in total. The highest BCUT2D eigenvalue weighted by Crippen LogP contribution is 2.56. The normalized spacial score (nSPS) is 17.2. The summed E-state index contributed by atoms with van der Waals surface area (Å²) in [5.74, 6) is 2.84. The molecule has 3 atom stereocenters. The first-order chi connectivity index (χ1) is 24.1. The van der Waals surface area contributed by atoms with Gasteiger partial charge < -0.3 is 20.9 Å². The number of carbonyl (C=O) groups excluding carboxylic acids is 1. The number of aromatic nitrogens is 5. The number of nitrogens with one attached hydrogen (secondary N) is 1. The minimum Gasteiger partial charge on any atom is -0.489 e. The third kappa shape index (κ3) is 6.83. The van der Waals surface area contributed by atoms with Crippen molar-refractivity contribution in [1.82, 2.24) is 29.9 Å². The van der Waals surface area contributed by atoms with E-state index in [0.717, 1.165) is 16.8 Å². The molecule has 1 aliphatic heterocycles. The summed E-state index contributed by atoms with van der Waals surface area (Å²) in [6.07, 6.45) is -4.37. The van der Waals surface area contributed by atoms with Gasteiger partial charge in [-0.25, -0.2) is 13.8 Å². The number of aryl methyl sites for hydroxylation is 1. The fourth-order valence-electron chi connectivity index (χ4n) is 6.62. The smallest absolute Gasteiger partial charge is 0.438 e. The number of para-hydroxylation sites is 1. The van der Waals surface area contributed by atoms with E-state index in [2.05, 4.69) is 27.4 Å². The monoisotopic (exact) mass is 705 g/mol. The van der Waals surface area contributed by atoms with Gasteiger partial charge in [0, 0.05) is 41.5 Å². The van der Waals surface area contributed by atoms with Gasteiger partial charge in [-0.15, -0.1) is 0 Å². The first kappa shape index (κ1) is 34.0. The molecule has 1 amide bonds. The molecular weight excluding hydrogens is 673 g/mol. The number of rotatable bonds is 7. The maximum atomic E-state index is 14.5. The fraction of sp³-hybridized carbons (Fsp3) is 0.333. The molecule has 0 spiro atoms. The minimum absolute atomic E-state index is 0.0379. The van der Waals surface area contributed by atoms with E-state index in [1.807, 2.05) is 0 Å². The maximum Gasteiger partial charge on any atom is 0.438 e. The zero-order valence-corrected chi connectivity index (χ0v) is 27.6. The van der Waals surface area contributed by atoms with Crippen LogP contribution in [0.3, 0.4) is 0 Å². The van der Waals surface area contributed by atoms with Crippen molar-refractivity contribution in [3.05, 3.63) is 88.5 Å². The lowest BCUT2D eigenvalue weighted by molar-refractivity contribution is -0.143. The molecule has 4 heterocycles. The summed E-state index contributed by atoms with van der Waals surface area (Å²) >= 11 is 0. The molecule has 3 unspecified atom stereocenters. The molecule has 1 saturated carbocycles. The Kier molecular flexibility index (Phi) is 8.25. The molecule has 7 rings (SSSR count). The van der Waals surface area contributed by atoms with Gasteiger partial charge in [0.15, 0.2) is 11.6 Å². The number of amides is 1. The number of nitrogens with zero attached hydrogens (tertiary/aromatic N) is 5. The summed E-state index contributed by atoms with van der Waals surface area (Å²) in [5.41, 5.74) is 6.17. The van der Waals surface area contributed by atoms with Gasteiger partial charge >= 0.3 is 6.18 Å². The van der Waals surface area contributed by atoms with Crippen molar-refractivity contribution in [2.45, 2.75) is 57.0 Å². The number of alkyl halides is 3. The lowest BCUT2D eigenvalue weighted by atomic mass is 9.93. The van der Waals surface area contributed by atoms with E-state index in [-0.39, 0.29) is 59.1 Å². The van der Waals surface area contributed by atoms with E-state index < -0.39 is 47.6 Å². The summed E-state index contributed by atoms with van der Waals surface area (Å²) in [5, 5.41) is 21.9. The van der Waals surface area contributed by atoms with Crippen LogP contribution in [0.25, 0.3) is 22.0 Å². The van der Waals surface area contributed by atoms with Gasteiger partial charge in [-0.2, -0.15) is 23.4 Å². The van der Waals surface area contributed by atoms with Gasteiger partial charge in [0.05, 0.1) is 29.6 Å². The van der Waals surface area contributed by atoms with Gasteiger partial charge in [-0.05, 0) is 68.5 Å². The number of pyridine rings is 1. The number of benzene rings is 2. The Labute approximate surface area is 288 Å². The number of carbonyl (C=O) groups is 1. The number of hydrogen-bond acceptors (Lipinski definition) is 7. The second-order valence-electron chi connectivity index (χ2n) is 13.4. The number of nitrogen functional groups attached to an aromatic ring is 1. The van der Waals surface area contributed by atoms with Crippen LogP contribution in [-0.4, -0.2) is 47.8 Å². The topological polar surface area (TPSA) is 133 Å². The molecule has 3 aromatic heterocycles. The van der Waals surface area contributed by atoms with Crippen molar-refractivity contribution in [3.63, 3.8) is 0 Å². The average molecular weight is 706 g/mol. The van der Waals surface area contributed by atoms with Gasteiger partial charge in [0.25, 0.3) is 0 Å². The lowest BCUT2D eigenvalue weighted by Crippen LogP contribution is -2.34. The first-order valence-electron chi connectivity index (χ1n) is 16.1. The van der Waals surface area contributed by atoms with Crippen LogP contribution in [0.4, 0.5) is 27.8 Å². The summed E-state index contributed by atoms with van der Waals surface area (Å²) < 4.78 is 78.9. The van der Waals surface area contributed by atoms with Crippen molar-refractivity contribution in [1.29, 1.82) is 0 Å². The van der Waals surface area contributed by atoms with Gasteiger partial charge in [-0.1, -0.05) is 18.1 Å². The Morgan fingerprint density at radius 1 is 1.12 bits per heavy atom. The Morgan fingerprint density at radius 3 is 2.57 bits per heavy atom. The van der Waals surface area contributed by atoms with E-state index in [9.17, 15) is 31.9 Å². The third-order valence-electron chi connectivity index (χ3n) is 8.86. The van der Waals surface area contributed by atoms with Crippen LogP contribution >= 0.6 is 0 Å². The number of halogens is 5. The number of ether oxygens (including phenoxy) is 1. The summed E-state index contributed by atoms with van der Waals surface area (Å²) in [4.78, 5) is 18.7. The molecule has 1 fully saturated rings. The third-order valence-corrected chi connectivity index (χ3v) is 8.86. The van der Waals surface area contributed by atoms with E-state index >= 15 is 0 Å². The lowest BCUT2D eigenvalue weighted by Gasteiger charge is -2.23. The van der Waals surface area contributed by atoms with E-state index in [4.69, 9.17) is 15.5 Å². The Bertz CT molecular complexity index is 2240. The summed E-state index contributed by atoms with van der Waals surface area (Å²) in [7, 11) is 1.71. The highest BCUT2D eigenvalue weighted by Gasteiger charge is 2.51. The molecular formula is C36H32F5N7O3. The standard InChI is InChI=1S/C36H32F5N7O3/c1-35(2,50)10-9-22-7-8-23(24-5-4-6-25-30(24)47(3)46-34(25)42)29(43-22)27(13-18-11-20(37)15-21(38)12-18)44-28(49)16-48-31-26-14-19(26)17-51-32(31)33(45-48)36(39,40)41/h4-8,11-12,15,19,26-27,50H,13-14,16-17H2,1-3H3,(H2,42,46)(H,44,49). The number of fused-ring (bicyclic) bond motifs is 4. The molecule has 2 aliphatic rings.